The third kappa shape index (κ3) is 6.12. The lowest BCUT2D eigenvalue weighted by molar-refractivity contribution is -0.252. The quantitative estimate of drug-likeness (QED) is 0.807. The van der Waals surface area contributed by atoms with Crippen LogP contribution in [0.1, 0.15) is 41.0 Å². The third-order valence-corrected chi connectivity index (χ3v) is 3.84. The first-order valence-electron chi connectivity index (χ1n) is 8.32. The zero-order chi connectivity index (χ0) is 17.1. The fourth-order valence-corrected chi connectivity index (χ4v) is 2.45. The minimum Gasteiger partial charge on any atom is -0.444 e. The van der Waals surface area contributed by atoms with Crippen molar-refractivity contribution in [3.63, 3.8) is 0 Å². The molecule has 0 aliphatic carbocycles. The number of nitrogens with zero attached hydrogens (tertiary/aromatic N) is 1. The molecule has 6 nitrogen and oxygen atoms in total. The zero-order valence-electron chi connectivity index (χ0n) is 15.0. The van der Waals surface area contributed by atoms with Crippen molar-refractivity contribution in [1.29, 1.82) is 0 Å². The van der Waals surface area contributed by atoms with Gasteiger partial charge in [0.25, 0.3) is 0 Å². The van der Waals surface area contributed by atoms with E-state index in [1.165, 1.54) is 5.57 Å². The van der Waals surface area contributed by atoms with Gasteiger partial charge in [0, 0.05) is 19.6 Å². The van der Waals surface area contributed by atoms with Crippen LogP contribution in [0.5, 0.6) is 0 Å². The number of carbonyl (C=O) groups is 1. The maximum Gasteiger partial charge on any atom is 0.410 e. The molecule has 0 bridgehead atoms. The largest absolute Gasteiger partial charge is 0.444 e. The standard InChI is InChI=1S/C17H30N2O4/c1-16(2,3)23-15(20)19-8-6-13(7-9-19)10-18-14-11-21-17(4,5)22-12-14/h6,14,18H,7-12H2,1-5H3. The van der Waals surface area contributed by atoms with Crippen LogP contribution < -0.4 is 5.32 Å². The van der Waals surface area contributed by atoms with Gasteiger partial charge < -0.3 is 24.4 Å². The molecule has 1 fully saturated rings. The Morgan fingerprint density at radius 2 is 2.04 bits per heavy atom. The number of rotatable bonds is 3. The summed E-state index contributed by atoms with van der Waals surface area (Å²) in [5.74, 6) is -0.476. The van der Waals surface area contributed by atoms with Gasteiger partial charge in [-0.25, -0.2) is 4.79 Å². The van der Waals surface area contributed by atoms with E-state index < -0.39 is 11.4 Å². The van der Waals surface area contributed by atoms with Gasteiger partial charge in [-0.3, -0.25) is 0 Å². The van der Waals surface area contributed by atoms with Crippen LogP contribution in [0.15, 0.2) is 11.6 Å². The van der Waals surface area contributed by atoms with Gasteiger partial charge in [-0.05, 0) is 41.0 Å². The molecular weight excluding hydrogens is 296 g/mol. The molecule has 0 aromatic carbocycles. The predicted octanol–water partition coefficient (Wildman–Crippen LogP) is 2.29. The van der Waals surface area contributed by atoms with E-state index in [0.29, 0.717) is 26.3 Å². The van der Waals surface area contributed by atoms with Crippen LogP contribution in [0, 0.1) is 0 Å². The number of carbonyl (C=O) groups excluding carboxylic acids is 1. The molecule has 0 unspecified atom stereocenters. The molecule has 0 atom stereocenters. The molecule has 0 aromatic heterocycles. The highest BCUT2D eigenvalue weighted by atomic mass is 16.7. The van der Waals surface area contributed by atoms with Crippen LogP contribution >= 0.6 is 0 Å². The van der Waals surface area contributed by atoms with Crippen molar-refractivity contribution in [3.05, 3.63) is 11.6 Å². The monoisotopic (exact) mass is 326 g/mol. The van der Waals surface area contributed by atoms with Crippen molar-refractivity contribution in [1.82, 2.24) is 10.2 Å². The summed E-state index contributed by atoms with van der Waals surface area (Å²) in [5.41, 5.74) is 0.867. The molecule has 0 saturated carbocycles. The van der Waals surface area contributed by atoms with Crippen LogP contribution in [0.2, 0.25) is 0 Å². The van der Waals surface area contributed by atoms with E-state index in [4.69, 9.17) is 14.2 Å². The summed E-state index contributed by atoms with van der Waals surface area (Å²) in [5, 5.41) is 3.46. The van der Waals surface area contributed by atoms with Crippen LogP contribution in [-0.2, 0) is 14.2 Å². The highest BCUT2D eigenvalue weighted by molar-refractivity contribution is 5.68. The molecule has 1 saturated heterocycles. The van der Waals surface area contributed by atoms with Gasteiger partial charge in [0.2, 0.25) is 0 Å². The Hall–Kier alpha value is -1.11. The highest BCUT2D eigenvalue weighted by Crippen LogP contribution is 2.18. The van der Waals surface area contributed by atoms with E-state index in [1.54, 1.807) is 4.90 Å². The summed E-state index contributed by atoms with van der Waals surface area (Å²) in [7, 11) is 0. The molecule has 1 amide bonds. The van der Waals surface area contributed by atoms with Crippen LogP contribution in [0.4, 0.5) is 4.79 Å². The average molecular weight is 326 g/mol. The van der Waals surface area contributed by atoms with Gasteiger partial charge >= 0.3 is 6.09 Å². The second-order valence-corrected chi connectivity index (χ2v) is 7.64. The summed E-state index contributed by atoms with van der Waals surface area (Å²) in [4.78, 5) is 13.8. The lowest BCUT2D eigenvalue weighted by Gasteiger charge is -2.35. The van der Waals surface area contributed by atoms with Crippen molar-refractivity contribution in [2.45, 2.75) is 58.5 Å². The molecular formula is C17H30N2O4. The van der Waals surface area contributed by atoms with E-state index in [1.807, 2.05) is 34.6 Å². The molecule has 2 heterocycles. The summed E-state index contributed by atoms with van der Waals surface area (Å²) in [6.45, 7) is 12.9. The van der Waals surface area contributed by atoms with Crippen molar-refractivity contribution in [2.24, 2.45) is 0 Å². The van der Waals surface area contributed by atoms with Crippen molar-refractivity contribution in [2.75, 3.05) is 32.8 Å². The second-order valence-electron chi connectivity index (χ2n) is 7.64. The molecule has 2 aliphatic rings. The van der Waals surface area contributed by atoms with Gasteiger partial charge in [0.1, 0.15) is 5.60 Å². The first-order chi connectivity index (χ1) is 10.6. The Labute approximate surface area is 139 Å². The SMILES string of the molecule is CC(C)(C)OC(=O)N1CC=C(CNC2COC(C)(C)OC2)CC1. The van der Waals surface area contributed by atoms with Gasteiger partial charge in [0.15, 0.2) is 5.79 Å². The minimum absolute atomic E-state index is 0.216. The Morgan fingerprint density at radius 3 is 2.57 bits per heavy atom. The Balaban J connectivity index is 1.72. The fraction of sp³-hybridized carbons (Fsp3) is 0.824. The van der Waals surface area contributed by atoms with Crippen molar-refractivity contribution in [3.8, 4) is 0 Å². The normalized spacial score (nSPS) is 22.7. The molecule has 0 radical (unpaired) electrons. The van der Waals surface area contributed by atoms with E-state index >= 15 is 0 Å². The van der Waals surface area contributed by atoms with E-state index in [-0.39, 0.29) is 12.1 Å². The molecule has 132 valence electrons. The van der Waals surface area contributed by atoms with Crippen molar-refractivity contribution >= 4 is 6.09 Å². The smallest absolute Gasteiger partial charge is 0.410 e. The average Bonchev–Trinajstić information content (AvgIpc) is 2.45. The van der Waals surface area contributed by atoms with Gasteiger partial charge in [-0.1, -0.05) is 11.6 Å². The fourth-order valence-electron chi connectivity index (χ4n) is 2.45. The number of hydrogen-bond acceptors (Lipinski definition) is 5. The van der Waals surface area contributed by atoms with Crippen LogP contribution in [0.25, 0.3) is 0 Å². The molecule has 2 rings (SSSR count). The number of amides is 1. The van der Waals surface area contributed by atoms with Crippen molar-refractivity contribution < 1.29 is 19.0 Å². The Kier molecular flexibility index (Phi) is 5.70. The topological polar surface area (TPSA) is 60.0 Å². The van der Waals surface area contributed by atoms with E-state index in [2.05, 4.69) is 11.4 Å². The lowest BCUT2D eigenvalue weighted by atomic mass is 10.1. The Bertz CT molecular complexity index is 444. The van der Waals surface area contributed by atoms with Gasteiger partial charge in [-0.2, -0.15) is 0 Å². The summed E-state index contributed by atoms with van der Waals surface area (Å²) >= 11 is 0. The first kappa shape index (κ1) is 18.2. The highest BCUT2D eigenvalue weighted by Gasteiger charge is 2.28. The molecule has 23 heavy (non-hydrogen) atoms. The van der Waals surface area contributed by atoms with Gasteiger partial charge in [-0.15, -0.1) is 0 Å². The molecule has 0 spiro atoms. The van der Waals surface area contributed by atoms with Crippen LogP contribution in [-0.4, -0.2) is 61.3 Å². The summed E-state index contributed by atoms with van der Waals surface area (Å²) < 4.78 is 16.7. The Morgan fingerprint density at radius 1 is 1.39 bits per heavy atom. The second kappa shape index (κ2) is 7.20. The summed E-state index contributed by atoms with van der Waals surface area (Å²) in [6, 6.07) is 0.216. The third-order valence-electron chi connectivity index (χ3n) is 3.84. The maximum atomic E-state index is 12.0. The maximum absolute atomic E-state index is 12.0. The summed E-state index contributed by atoms with van der Waals surface area (Å²) in [6.07, 6.45) is 2.73. The zero-order valence-corrected chi connectivity index (χ0v) is 15.0. The molecule has 6 heteroatoms. The number of ether oxygens (including phenoxy) is 3. The van der Waals surface area contributed by atoms with E-state index in [9.17, 15) is 4.79 Å². The van der Waals surface area contributed by atoms with E-state index in [0.717, 1.165) is 13.0 Å². The molecule has 2 aliphatic heterocycles. The molecule has 0 aromatic rings. The van der Waals surface area contributed by atoms with Gasteiger partial charge in [0.05, 0.1) is 19.3 Å². The number of nitrogens with one attached hydrogen (secondary N) is 1. The number of hydrogen-bond donors (Lipinski definition) is 1. The van der Waals surface area contributed by atoms with Crippen LogP contribution in [0.3, 0.4) is 0 Å². The first-order valence-corrected chi connectivity index (χ1v) is 8.32. The molecule has 1 N–H and O–H groups in total. The lowest BCUT2D eigenvalue weighted by Crippen LogP contribution is -2.49. The minimum atomic E-state index is -0.476. The predicted molar refractivity (Wildman–Crippen MR) is 88.3 cm³/mol.